The first-order chi connectivity index (χ1) is 3.79. The molecule has 1 heterocycles. The summed E-state index contributed by atoms with van der Waals surface area (Å²) in [6.07, 6.45) is 3.39. The lowest BCUT2D eigenvalue weighted by Crippen LogP contribution is -2.12. The summed E-state index contributed by atoms with van der Waals surface area (Å²) in [5.74, 6) is 1.54. The minimum atomic E-state index is 0.721. The predicted molar refractivity (Wildman–Crippen MR) is 36.3 cm³/mol. The monoisotopic (exact) mass is 111 g/mol. The fourth-order valence-electron chi connectivity index (χ4n) is 1.19. The van der Waals surface area contributed by atoms with Gasteiger partial charge < -0.3 is 0 Å². The first kappa shape index (κ1) is 5.80. The number of hydrogen-bond acceptors (Lipinski definition) is 1. The standard InChI is InChI=1S/C7H13N/c1-6-3-7(2)5-8-4-6/h4,6-7H,3,5H2,1-2H3. The maximum absolute atomic E-state index is 4.21. The van der Waals surface area contributed by atoms with Gasteiger partial charge in [0.15, 0.2) is 0 Å². The third kappa shape index (κ3) is 1.32. The third-order valence-electron chi connectivity index (χ3n) is 1.55. The predicted octanol–water partition coefficient (Wildman–Crippen LogP) is 1.73. The Morgan fingerprint density at radius 1 is 1.50 bits per heavy atom. The van der Waals surface area contributed by atoms with E-state index in [0.717, 1.165) is 18.4 Å². The van der Waals surface area contributed by atoms with E-state index >= 15 is 0 Å². The summed E-state index contributed by atoms with van der Waals surface area (Å²) in [7, 11) is 0. The fourth-order valence-corrected chi connectivity index (χ4v) is 1.19. The Balaban J connectivity index is 2.42. The molecule has 1 heteroatoms. The maximum Gasteiger partial charge on any atom is 0.0411 e. The molecule has 0 N–H and O–H groups in total. The van der Waals surface area contributed by atoms with Crippen LogP contribution in [-0.4, -0.2) is 12.8 Å². The Kier molecular flexibility index (Phi) is 1.66. The normalized spacial score (nSPS) is 37.8. The van der Waals surface area contributed by atoms with Crippen molar-refractivity contribution in [3.8, 4) is 0 Å². The summed E-state index contributed by atoms with van der Waals surface area (Å²) < 4.78 is 0. The summed E-state index contributed by atoms with van der Waals surface area (Å²) in [6, 6.07) is 0. The van der Waals surface area contributed by atoms with Gasteiger partial charge in [0.2, 0.25) is 0 Å². The first-order valence-electron chi connectivity index (χ1n) is 3.29. The van der Waals surface area contributed by atoms with Crippen LogP contribution in [0.25, 0.3) is 0 Å². The lowest BCUT2D eigenvalue weighted by molar-refractivity contribution is 0.475. The molecule has 2 unspecified atom stereocenters. The van der Waals surface area contributed by atoms with Gasteiger partial charge in [0.25, 0.3) is 0 Å². The van der Waals surface area contributed by atoms with Crippen LogP contribution in [0.3, 0.4) is 0 Å². The third-order valence-corrected chi connectivity index (χ3v) is 1.55. The van der Waals surface area contributed by atoms with Crippen molar-refractivity contribution in [1.29, 1.82) is 0 Å². The number of aliphatic imine (C=N–C) groups is 1. The second-order valence-corrected chi connectivity index (χ2v) is 2.83. The summed E-state index contributed by atoms with van der Waals surface area (Å²) in [5.41, 5.74) is 0. The lowest BCUT2D eigenvalue weighted by Gasteiger charge is -2.16. The van der Waals surface area contributed by atoms with Crippen molar-refractivity contribution >= 4 is 6.21 Å². The Morgan fingerprint density at radius 3 is 2.62 bits per heavy atom. The van der Waals surface area contributed by atoms with Crippen LogP contribution in [0.1, 0.15) is 20.3 Å². The van der Waals surface area contributed by atoms with Crippen molar-refractivity contribution in [1.82, 2.24) is 0 Å². The van der Waals surface area contributed by atoms with E-state index in [-0.39, 0.29) is 0 Å². The van der Waals surface area contributed by atoms with Gasteiger partial charge in [0.1, 0.15) is 0 Å². The molecule has 0 aromatic carbocycles. The van der Waals surface area contributed by atoms with E-state index < -0.39 is 0 Å². The molecule has 1 nitrogen and oxygen atoms in total. The molecule has 0 aromatic heterocycles. The van der Waals surface area contributed by atoms with Crippen LogP contribution in [0.4, 0.5) is 0 Å². The minimum Gasteiger partial charge on any atom is -0.297 e. The highest BCUT2D eigenvalue weighted by molar-refractivity contribution is 5.60. The SMILES string of the molecule is CC1C=NCC(C)C1. The molecule has 0 fully saturated rings. The smallest absolute Gasteiger partial charge is 0.0411 e. The van der Waals surface area contributed by atoms with Crippen LogP contribution in [0.2, 0.25) is 0 Å². The summed E-state index contributed by atoms with van der Waals surface area (Å²) in [6.45, 7) is 5.52. The van der Waals surface area contributed by atoms with Crippen LogP contribution < -0.4 is 0 Å². The average molecular weight is 111 g/mol. The molecule has 0 saturated heterocycles. The van der Waals surface area contributed by atoms with E-state index in [1.807, 2.05) is 0 Å². The molecule has 0 saturated carbocycles. The Hall–Kier alpha value is -0.330. The van der Waals surface area contributed by atoms with Gasteiger partial charge >= 0.3 is 0 Å². The zero-order valence-corrected chi connectivity index (χ0v) is 5.59. The van der Waals surface area contributed by atoms with Crippen LogP contribution in [0.15, 0.2) is 4.99 Å². The molecule has 0 aromatic rings. The quantitative estimate of drug-likeness (QED) is 0.451. The Labute approximate surface area is 50.8 Å². The van der Waals surface area contributed by atoms with Gasteiger partial charge in [-0.1, -0.05) is 13.8 Å². The van der Waals surface area contributed by atoms with Crippen LogP contribution in [0, 0.1) is 11.8 Å². The van der Waals surface area contributed by atoms with Gasteiger partial charge in [-0.25, -0.2) is 0 Å². The highest BCUT2D eigenvalue weighted by atomic mass is 14.7. The van der Waals surface area contributed by atoms with Gasteiger partial charge in [-0.15, -0.1) is 0 Å². The zero-order chi connectivity index (χ0) is 5.98. The van der Waals surface area contributed by atoms with Crippen LogP contribution >= 0.6 is 0 Å². The summed E-state index contributed by atoms with van der Waals surface area (Å²) in [4.78, 5) is 4.21. The number of hydrogen-bond donors (Lipinski definition) is 0. The van der Waals surface area contributed by atoms with Gasteiger partial charge in [0, 0.05) is 12.8 Å². The van der Waals surface area contributed by atoms with Gasteiger partial charge in [0.05, 0.1) is 0 Å². The maximum atomic E-state index is 4.21. The second-order valence-electron chi connectivity index (χ2n) is 2.83. The van der Waals surface area contributed by atoms with Crippen molar-refractivity contribution in [3.05, 3.63) is 0 Å². The van der Waals surface area contributed by atoms with Gasteiger partial charge in [-0.05, 0) is 18.3 Å². The molecular formula is C7H13N. The van der Waals surface area contributed by atoms with E-state index in [4.69, 9.17) is 0 Å². The van der Waals surface area contributed by atoms with E-state index in [9.17, 15) is 0 Å². The van der Waals surface area contributed by atoms with Crippen LogP contribution in [0.5, 0.6) is 0 Å². The first-order valence-corrected chi connectivity index (χ1v) is 3.29. The fraction of sp³-hybridized carbons (Fsp3) is 0.857. The lowest BCUT2D eigenvalue weighted by atomic mass is 9.96. The molecule has 0 aliphatic carbocycles. The van der Waals surface area contributed by atoms with E-state index in [0.29, 0.717) is 0 Å². The average Bonchev–Trinajstić information content (AvgIpc) is 1.64. The van der Waals surface area contributed by atoms with Gasteiger partial charge in [-0.3, -0.25) is 4.99 Å². The molecule has 8 heavy (non-hydrogen) atoms. The molecule has 46 valence electrons. The van der Waals surface area contributed by atoms with E-state index in [1.54, 1.807) is 0 Å². The van der Waals surface area contributed by atoms with Crippen molar-refractivity contribution < 1.29 is 0 Å². The van der Waals surface area contributed by atoms with Crippen molar-refractivity contribution in [2.45, 2.75) is 20.3 Å². The van der Waals surface area contributed by atoms with E-state index in [2.05, 4.69) is 25.1 Å². The highest BCUT2D eigenvalue weighted by Gasteiger charge is 2.09. The van der Waals surface area contributed by atoms with Crippen molar-refractivity contribution in [2.75, 3.05) is 6.54 Å². The molecule has 2 atom stereocenters. The van der Waals surface area contributed by atoms with Crippen molar-refractivity contribution in [3.63, 3.8) is 0 Å². The van der Waals surface area contributed by atoms with E-state index in [1.165, 1.54) is 6.42 Å². The summed E-state index contributed by atoms with van der Waals surface area (Å²) in [5, 5.41) is 0. The largest absolute Gasteiger partial charge is 0.297 e. The molecule has 0 radical (unpaired) electrons. The Bertz CT molecular complexity index is 96.6. The minimum absolute atomic E-state index is 0.721. The molecule has 0 amide bonds. The second kappa shape index (κ2) is 2.29. The molecule has 1 aliphatic rings. The van der Waals surface area contributed by atoms with Crippen LogP contribution in [-0.2, 0) is 0 Å². The summed E-state index contributed by atoms with van der Waals surface area (Å²) >= 11 is 0. The molecule has 1 rings (SSSR count). The number of nitrogens with zero attached hydrogens (tertiary/aromatic N) is 1. The highest BCUT2D eigenvalue weighted by Crippen LogP contribution is 2.14. The number of rotatable bonds is 0. The topological polar surface area (TPSA) is 12.4 Å². The molecular weight excluding hydrogens is 98.1 g/mol. The van der Waals surface area contributed by atoms with Gasteiger partial charge in [-0.2, -0.15) is 0 Å². The molecule has 0 spiro atoms. The zero-order valence-electron chi connectivity index (χ0n) is 5.59. The van der Waals surface area contributed by atoms with Crippen molar-refractivity contribution in [2.24, 2.45) is 16.8 Å². The Morgan fingerprint density at radius 2 is 2.25 bits per heavy atom. The molecule has 1 aliphatic heterocycles. The molecule has 0 bridgehead atoms.